The van der Waals surface area contributed by atoms with Gasteiger partial charge in [0.1, 0.15) is 0 Å². The second-order valence-electron chi connectivity index (χ2n) is 19.5. The largest absolute Gasteiger partial charge is 0.309 e. The van der Waals surface area contributed by atoms with E-state index in [0.29, 0.717) is 17.6 Å². The zero-order valence-electron chi connectivity index (χ0n) is 37.5. The summed E-state index contributed by atoms with van der Waals surface area (Å²) in [5, 5.41) is 9.38. The first kappa shape index (κ1) is 38.6. The average molecular weight is 850 g/mol. The van der Waals surface area contributed by atoms with Crippen molar-refractivity contribution in [2.75, 3.05) is 0 Å². The van der Waals surface area contributed by atoms with Crippen LogP contribution in [0, 0.1) is 0 Å². The lowest BCUT2D eigenvalue weighted by Gasteiger charge is -2.42. The molecule has 1 aliphatic rings. The minimum atomic E-state index is -0.00498. The third kappa shape index (κ3) is 5.96. The van der Waals surface area contributed by atoms with Gasteiger partial charge in [-0.3, -0.25) is 4.57 Å². The van der Waals surface area contributed by atoms with Gasteiger partial charge in [-0.25, -0.2) is 4.98 Å². The van der Waals surface area contributed by atoms with Gasteiger partial charge in [0.05, 0.1) is 22.1 Å². The molecule has 0 bridgehead atoms. The van der Waals surface area contributed by atoms with Gasteiger partial charge in [0.25, 0.3) is 0 Å². The lowest BCUT2D eigenvalue weighted by atomic mass is 9.63. The normalized spacial score (nSPS) is 14.5. The van der Waals surface area contributed by atoms with E-state index < -0.39 is 0 Å². The van der Waals surface area contributed by atoms with E-state index in [2.05, 4.69) is 225 Å². The van der Waals surface area contributed by atoms with Crippen LogP contribution >= 0.6 is 0 Å². The second-order valence-corrected chi connectivity index (χ2v) is 19.5. The Morgan fingerprint density at radius 1 is 0.364 bits per heavy atom. The molecule has 0 saturated heterocycles. The summed E-state index contributed by atoms with van der Waals surface area (Å²) in [6.07, 6.45) is 2.25. The topological polar surface area (TPSA) is 48.5 Å². The van der Waals surface area contributed by atoms with E-state index in [1.165, 1.54) is 54.7 Å². The molecule has 0 amide bonds. The van der Waals surface area contributed by atoms with E-state index in [0.717, 1.165) is 62.4 Å². The molecule has 0 unspecified atom stereocenters. The average Bonchev–Trinajstić information content (AvgIpc) is 3.85. The van der Waals surface area contributed by atoms with Gasteiger partial charge in [-0.05, 0) is 122 Å². The number of fused-ring (bicyclic) bond motifs is 9. The van der Waals surface area contributed by atoms with Gasteiger partial charge in [0, 0.05) is 38.4 Å². The lowest BCUT2D eigenvalue weighted by molar-refractivity contribution is 0.332. The number of aromatic nitrogens is 5. The van der Waals surface area contributed by atoms with Crippen molar-refractivity contribution in [2.24, 2.45) is 0 Å². The van der Waals surface area contributed by atoms with E-state index in [4.69, 9.17) is 15.0 Å². The summed E-state index contributed by atoms with van der Waals surface area (Å²) >= 11 is 0. The SMILES string of the molecule is CC1(C)CCC(C)(C)c2cc3c(cc21)c1cc2c4ccccc4n(-c4ccccc4)c2cc1n3-c1nc(-c2ccc3cc(-c4ccccc4)ccc3c2)nc(-c2cccc3ccccc23)n1. The monoisotopic (exact) mass is 849 g/mol. The highest BCUT2D eigenvalue weighted by Gasteiger charge is 2.38. The Kier molecular flexibility index (Phi) is 8.36. The van der Waals surface area contributed by atoms with E-state index >= 15 is 0 Å². The van der Waals surface area contributed by atoms with Crippen LogP contribution in [0.15, 0.2) is 188 Å². The van der Waals surface area contributed by atoms with Crippen LogP contribution in [0.3, 0.4) is 0 Å². The first-order valence-electron chi connectivity index (χ1n) is 23.1. The van der Waals surface area contributed by atoms with Crippen LogP contribution in [-0.2, 0) is 10.8 Å². The molecule has 9 aromatic carbocycles. The first-order valence-corrected chi connectivity index (χ1v) is 23.1. The third-order valence-electron chi connectivity index (χ3n) is 14.6. The molecule has 13 rings (SSSR count). The highest BCUT2D eigenvalue weighted by molar-refractivity contribution is 6.19. The predicted octanol–water partition coefficient (Wildman–Crippen LogP) is 15.7. The molecule has 316 valence electrons. The molecule has 3 heterocycles. The Morgan fingerprint density at radius 3 is 1.73 bits per heavy atom. The molecule has 0 aliphatic heterocycles. The summed E-state index contributed by atoms with van der Waals surface area (Å²) < 4.78 is 4.74. The molecule has 3 aromatic heterocycles. The second kappa shape index (κ2) is 14.3. The van der Waals surface area contributed by atoms with Crippen LogP contribution in [0.1, 0.15) is 51.7 Å². The van der Waals surface area contributed by atoms with E-state index in [1.54, 1.807) is 0 Å². The fourth-order valence-electron chi connectivity index (χ4n) is 10.9. The number of hydrogen-bond donors (Lipinski definition) is 0. The van der Waals surface area contributed by atoms with Crippen molar-refractivity contribution in [2.45, 2.75) is 51.4 Å². The third-order valence-corrected chi connectivity index (χ3v) is 14.6. The van der Waals surface area contributed by atoms with Crippen LogP contribution in [0.25, 0.3) is 111 Å². The molecule has 12 aromatic rings. The Labute approximate surface area is 383 Å². The quantitative estimate of drug-likeness (QED) is 0.173. The molecule has 0 fully saturated rings. The molecule has 5 heteroatoms. The molecule has 0 radical (unpaired) electrons. The van der Waals surface area contributed by atoms with Crippen LogP contribution in [0.5, 0.6) is 0 Å². The summed E-state index contributed by atoms with van der Waals surface area (Å²) in [7, 11) is 0. The Morgan fingerprint density at radius 2 is 0.939 bits per heavy atom. The smallest absolute Gasteiger partial charge is 0.238 e. The fraction of sp³-hybridized carbons (Fsp3) is 0.131. The van der Waals surface area contributed by atoms with Gasteiger partial charge in [0.2, 0.25) is 5.95 Å². The summed E-state index contributed by atoms with van der Waals surface area (Å²) in [6, 6.07) is 68.1. The van der Waals surface area contributed by atoms with Crippen molar-refractivity contribution in [3.63, 3.8) is 0 Å². The maximum atomic E-state index is 5.54. The molecule has 0 atom stereocenters. The van der Waals surface area contributed by atoms with Crippen LogP contribution in [0.2, 0.25) is 0 Å². The lowest BCUT2D eigenvalue weighted by Crippen LogP contribution is -2.33. The van der Waals surface area contributed by atoms with Crippen molar-refractivity contribution in [1.29, 1.82) is 0 Å². The van der Waals surface area contributed by atoms with Crippen LogP contribution in [-0.4, -0.2) is 24.1 Å². The minimum Gasteiger partial charge on any atom is -0.309 e. The number of para-hydroxylation sites is 2. The highest BCUT2D eigenvalue weighted by atomic mass is 15.2. The van der Waals surface area contributed by atoms with Crippen molar-refractivity contribution in [3.8, 4) is 45.5 Å². The number of rotatable bonds is 5. The maximum absolute atomic E-state index is 5.54. The van der Waals surface area contributed by atoms with Crippen LogP contribution in [0.4, 0.5) is 0 Å². The van der Waals surface area contributed by atoms with E-state index in [-0.39, 0.29) is 10.8 Å². The van der Waals surface area contributed by atoms with Crippen molar-refractivity contribution >= 4 is 65.2 Å². The molecule has 1 aliphatic carbocycles. The molecular weight excluding hydrogens is 803 g/mol. The molecule has 0 saturated carbocycles. The van der Waals surface area contributed by atoms with Gasteiger partial charge >= 0.3 is 0 Å². The zero-order valence-corrected chi connectivity index (χ0v) is 37.5. The van der Waals surface area contributed by atoms with Gasteiger partial charge in [-0.1, -0.05) is 161 Å². The van der Waals surface area contributed by atoms with Gasteiger partial charge in [0.15, 0.2) is 11.6 Å². The van der Waals surface area contributed by atoms with Crippen LogP contribution < -0.4 is 0 Å². The minimum absolute atomic E-state index is 0.00498. The predicted molar refractivity (Wildman–Crippen MR) is 275 cm³/mol. The maximum Gasteiger partial charge on any atom is 0.238 e. The van der Waals surface area contributed by atoms with E-state index in [9.17, 15) is 0 Å². The van der Waals surface area contributed by atoms with Crippen molar-refractivity contribution in [1.82, 2.24) is 24.1 Å². The summed E-state index contributed by atoms with van der Waals surface area (Å²) in [5.74, 6) is 1.86. The Hall–Kier alpha value is -7.89. The van der Waals surface area contributed by atoms with Gasteiger partial charge in [-0.15, -0.1) is 0 Å². The summed E-state index contributed by atoms with van der Waals surface area (Å²) in [6.45, 7) is 9.65. The number of benzene rings is 9. The summed E-state index contributed by atoms with van der Waals surface area (Å²) in [5.41, 5.74) is 12.7. The van der Waals surface area contributed by atoms with Gasteiger partial charge in [-0.2, -0.15) is 9.97 Å². The Bertz CT molecular complexity index is 3920. The number of hydrogen-bond acceptors (Lipinski definition) is 3. The molecule has 0 N–H and O–H groups in total. The fourth-order valence-corrected chi connectivity index (χ4v) is 10.9. The Balaban J connectivity index is 1.13. The van der Waals surface area contributed by atoms with Crippen molar-refractivity contribution < 1.29 is 0 Å². The molecule has 66 heavy (non-hydrogen) atoms. The molecular formula is C61H47N5. The first-order chi connectivity index (χ1) is 32.2. The molecule has 0 spiro atoms. The standard InChI is InChI=1S/C61H47N5/c1-60(2)30-31-61(3,4)52-36-54-50(35-51(52)60)49-34-48-46-23-13-14-25-53(46)65(44-20-9-6-10-21-44)55(48)37-56(49)66(54)59-63-57(62-58(64-59)47-24-15-19-39-18-11-12-22-45(39)47)43-29-28-41-32-40(26-27-42(41)33-43)38-16-7-5-8-17-38/h5-29,32-37H,30-31H2,1-4H3. The number of nitrogens with zero attached hydrogens (tertiary/aromatic N) is 5. The summed E-state index contributed by atoms with van der Waals surface area (Å²) in [4.78, 5) is 16.5. The van der Waals surface area contributed by atoms with E-state index in [1.807, 2.05) is 0 Å². The highest BCUT2D eigenvalue weighted by Crippen LogP contribution is 2.49. The van der Waals surface area contributed by atoms with Gasteiger partial charge < -0.3 is 4.57 Å². The zero-order chi connectivity index (χ0) is 44.3. The molecule has 5 nitrogen and oxygen atoms in total. The van der Waals surface area contributed by atoms with Crippen molar-refractivity contribution in [3.05, 3.63) is 199 Å².